The van der Waals surface area contributed by atoms with Gasteiger partial charge in [-0.25, -0.2) is 0 Å². The summed E-state index contributed by atoms with van der Waals surface area (Å²) in [6, 6.07) is 54.8. The Bertz CT molecular complexity index is 2140. The molecule has 1 aliphatic rings. The molecule has 1 fully saturated rings. The van der Waals surface area contributed by atoms with E-state index in [0.29, 0.717) is 0 Å². The maximum atomic E-state index is 2.52. The van der Waals surface area contributed by atoms with Crippen molar-refractivity contribution in [2.24, 2.45) is 0 Å². The van der Waals surface area contributed by atoms with E-state index in [9.17, 15) is 0 Å². The molecule has 1 aliphatic carbocycles. The molecule has 0 atom stereocenters. The van der Waals surface area contributed by atoms with Crippen LogP contribution >= 0.6 is 0 Å². The van der Waals surface area contributed by atoms with Gasteiger partial charge in [0.05, 0.1) is 0 Å². The summed E-state index contributed by atoms with van der Waals surface area (Å²) < 4.78 is 0. The van der Waals surface area contributed by atoms with Crippen LogP contribution in [0.1, 0.15) is 36.8 Å². The van der Waals surface area contributed by atoms with Crippen LogP contribution in [-0.2, 0) is 31.3 Å². The molecule has 0 bridgehead atoms. The predicted molar refractivity (Wildman–Crippen MR) is 197 cm³/mol. The molecule has 0 nitrogen and oxygen atoms in total. The Balaban J connectivity index is 0.00000124. The van der Waals surface area contributed by atoms with Gasteiger partial charge in [-0.05, 0) is 63.1 Å². The van der Waals surface area contributed by atoms with Gasteiger partial charge in [-0.15, -0.1) is 69.1 Å². The molecule has 0 spiro atoms. The van der Waals surface area contributed by atoms with E-state index < -0.39 is 0 Å². The summed E-state index contributed by atoms with van der Waals surface area (Å²) in [5.41, 5.74) is 8.26. The normalized spacial score (nSPS) is 13.8. The second-order valence-corrected chi connectivity index (χ2v) is 12.5. The summed E-state index contributed by atoms with van der Waals surface area (Å²) in [6.07, 6.45) is 4.96. The van der Waals surface area contributed by atoms with Crippen LogP contribution in [0.15, 0.2) is 146 Å². The van der Waals surface area contributed by atoms with Crippen molar-refractivity contribution >= 4 is 43.1 Å². The van der Waals surface area contributed by atoms with E-state index in [2.05, 4.69) is 146 Å². The Morgan fingerprint density at radius 2 is 0.870 bits per heavy atom. The fourth-order valence-electron chi connectivity index (χ4n) is 7.96. The first kappa shape index (κ1) is 31.9. The van der Waals surface area contributed by atoms with Crippen molar-refractivity contribution in [3.63, 3.8) is 0 Å². The third kappa shape index (κ3) is 5.10. The molecule has 1 heteroatoms. The van der Waals surface area contributed by atoms with Gasteiger partial charge in [0.15, 0.2) is 0 Å². The SMILES string of the molecule is [CH3-].[CH3-].[Hf+4].c1ccc2cc(-c3cccc4[cH-]c(C5(c6cc7c(-c8ccc9ccccc9c8)cccc7[cH-]6)CCCC5)cc34)ccc2c1. The van der Waals surface area contributed by atoms with Crippen LogP contribution in [0.2, 0.25) is 0 Å². The van der Waals surface area contributed by atoms with E-state index in [4.69, 9.17) is 0 Å². The number of hydrogen-bond acceptors (Lipinski definition) is 0. The molecule has 0 aromatic heterocycles. The summed E-state index contributed by atoms with van der Waals surface area (Å²) in [4.78, 5) is 0. The van der Waals surface area contributed by atoms with Crippen molar-refractivity contribution in [1.29, 1.82) is 0 Å². The number of hydrogen-bond donors (Lipinski definition) is 0. The molecule has 0 amide bonds. The van der Waals surface area contributed by atoms with Gasteiger partial charge in [-0.3, -0.25) is 0 Å². The fourth-order valence-corrected chi connectivity index (χ4v) is 7.96. The molecule has 0 unspecified atom stereocenters. The first-order valence-electron chi connectivity index (χ1n) is 15.6. The summed E-state index contributed by atoms with van der Waals surface area (Å²) in [7, 11) is 0. The van der Waals surface area contributed by atoms with Crippen molar-refractivity contribution in [1.82, 2.24) is 0 Å². The largest absolute Gasteiger partial charge is 4.00 e. The molecule has 0 N–H and O–H groups in total. The Kier molecular flexibility index (Phi) is 8.75. The molecule has 8 aromatic rings. The summed E-state index contributed by atoms with van der Waals surface area (Å²) in [6.45, 7) is 0. The molecular formula is C45H38Hf. The van der Waals surface area contributed by atoms with E-state index in [0.717, 1.165) is 0 Å². The minimum Gasteiger partial charge on any atom is -0.358 e. The zero-order valence-corrected chi connectivity index (χ0v) is 30.3. The van der Waals surface area contributed by atoms with Crippen LogP contribution in [0.4, 0.5) is 0 Å². The van der Waals surface area contributed by atoms with E-state index in [1.807, 2.05) is 0 Å². The Labute approximate surface area is 292 Å². The van der Waals surface area contributed by atoms with Crippen LogP contribution in [0.25, 0.3) is 65.3 Å². The van der Waals surface area contributed by atoms with Gasteiger partial charge in [0.1, 0.15) is 0 Å². The van der Waals surface area contributed by atoms with Crippen LogP contribution in [0, 0.1) is 14.9 Å². The fraction of sp³-hybridized carbons (Fsp3) is 0.111. The third-order valence-electron chi connectivity index (χ3n) is 10.2. The molecule has 0 heterocycles. The minimum absolute atomic E-state index is 0. The number of rotatable bonds is 4. The number of benzene rings is 6. The Morgan fingerprint density at radius 1 is 0.435 bits per heavy atom. The zero-order valence-electron chi connectivity index (χ0n) is 26.7. The summed E-state index contributed by atoms with van der Waals surface area (Å²) in [5, 5.41) is 10.6. The van der Waals surface area contributed by atoms with Gasteiger partial charge < -0.3 is 14.9 Å². The van der Waals surface area contributed by atoms with E-state index in [1.165, 1.54) is 102 Å². The van der Waals surface area contributed by atoms with Crippen molar-refractivity contribution in [3.05, 3.63) is 172 Å². The van der Waals surface area contributed by atoms with E-state index in [1.54, 1.807) is 0 Å². The van der Waals surface area contributed by atoms with Crippen LogP contribution in [-0.4, -0.2) is 0 Å². The second-order valence-electron chi connectivity index (χ2n) is 12.5. The monoisotopic (exact) mass is 758 g/mol. The zero-order chi connectivity index (χ0) is 28.4. The van der Waals surface area contributed by atoms with Gasteiger partial charge in [0.2, 0.25) is 0 Å². The van der Waals surface area contributed by atoms with Crippen LogP contribution < -0.4 is 0 Å². The Morgan fingerprint density at radius 3 is 1.33 bits per heavy atom. The molecule has 0 radical (unpaired) electrons. The third-order valence-corrected chi connectivity index (χ3v) is 10.2. The minimum atomic E-state index is 0. The van der Waals surface area contributed by atoms with Crippen LogP contribution in [0.5, 0.6) is 0 Å². The Hall–Kier alpha value is -4.07. The molecule has 46 heavy (non-hydrogen) atoms. The standard InChI is InChI=1S/C43H32.2CH3.Hf/c1-3-11-31-23-35(19-17-29(31)9-1)39-15-7-13-33-25-37(27-41(33)39)43(21-5-6-22-43)38-26-34-14-8-16-40(42(34)28-38)36-20-18-30-10-2-4-12-32(30)24-36;;;/h1-4,7-20,23-28H,5-6,21-22H2;2*1H3;/q-2;2*-1;+4. The summed E-state index contributed by atoms with van der Waals surface area (Å²) >= 11 is 0. The quantitative estimate of drug-likeness (QED) is 0.124. The molecule has 0 aliphatic heterocycles. The molecule has 0 saturated heterocycles. The van der Waals surface area contributed by atoms with Gasteiger partial charge in [0, 0.05) is 0 Å². The van der Waals surface area contributed by atoms with Gasteiger partial charge in [-0.2, -0.15) is 12.1 Å². The van der Waals surface area contributed by atoms with E-state index >= 15 is 0 Å². The maximum absolute atomic E-state index is 2.52. The van der Waals surface area contributed by atoms with Gasteiger partial charge in [-0.1, -0.05) is 109 Å². The topological polar surface area (TPSA) is 0 Å². The van der Waals surface area contributed by atoms with Gasteiger partial charge in [0.25, 0.3) is 0 Å². The molecule has 222 valence electrons. The van der Waals surface area contributed by atoms with Crippen molar-refractivity contribution in [2.45, 2.75) is 31.1 Å². The predicted octanol–water partition coefficient (Wildman–Crippen LogP) is 12.8. The second kappa shape index (κ2) is 12.6. The molecule has 8 aromatic carbocycles. The van der Waals surface area contributed by atoms with Crippen molar-refractivity contribution in [3.8, 4) is 22.3 Å². The first-order chi connectivity index (χ1) is 21.2. The molecule has 9 rings (SSSR count). The van der Waals surface area contributed by atoms with Gasteiger partial charge >= 0.3 is 25.8 Å². The summed E-state index contributed by atoms with van der Waals surface area (Å²) in [5.74, 6) is 0. The van der Waals surface area contributed by atoms with Crippen molar-refractivity contribution in [2.75, 3.05) is 0 Å². The maximum Gasteiger partial charge on any atom is 4.00 e. The average Bonchev–Trinajstić information content (AvgIpc) is 3.83. The average molecular weight is 757 g/mol. The molecule has 1 saturated carbocycles. The van der Waals surface area contributed by atoms with E-state index in [-0.39, 0.29) is 46.1 Å². The van der Waals surface area contributed by atoms with Crippen LogP contribution in [0.3, 0.4) is 0 Å². The first-order valence-corrected chi connectivity index (χ1v) is 15.6. The number of fused-ring (bicyclic) bond motifs is 4. The van der Waals surface area contributed by atoms with Crippen molar-refractivity contribution < 1.29 is 25.8 Å². The molecular weight excluding hydrogens is 719 g/mol. The smallest absolute Gasteiger partial charge is 0.358 e.